The van der Waals surface area contributed by atoms with Gasteiger partial charge in [-0.15, -0.1) is 0 Å². The molecule has 0 fully saturated rings. The van der Waals surface area contributed by atoms with Gasteiger partial charge in [-0.3, -0.25) is 4.79 Å². The summed E-state index contributed by atoms with van der Waals surface area (Å²) in [5.74, 6) is -0.636. The molecule has 0 bridgehead atoms. The lowest BCUT2D eigenvalue weighted by Gasteiger charge is -2.28. The molecular weight excluding hydrogens is 398 g/mol. The first kappa shape index (κ1) is 22.2. The number of phenolic OH excluding ortho intramolecular Hbond substituents is 1. The van der Waals surface area contributed by atoms with E-state index in [-0.39, 0.29) is 16.2 Å². The van der Waals surface area contributed by atoms with Gasteiger partial charge < -0.3 is 5.11 Å². The molecule has 0 aliphatic heterocycles. The number of rotatable bonds is 3. The van der Waals surface area contributed by atoms with E-state index in [1.807, 2.05) is 41.5 Å². The van der Waals surface area contributed by atoms with Crippen molar-refractivity contribution in [3.8, 4) is 5.75 Å². The Morgan fingerprint density at radius 1 is 0.929 bits per heavy atom. The van der Waals surface area contributed by atoms with Gasteiger partial charge in [0.1, 0.15) is 5.75 Å². The first-order chi connectivity index (χ1) is 12.6. The molecule has 0 spiro atoms. The predicted molar refractivity (Wildman–Crippen MR) is 112 cm³/mol. The quantitative estimate of drug-likeness (QED) is 0.745. The van der Waals surface area contributed by atoms with Crippen molar-refractivity contribution in [2.75, 3.05) is 0 Å². The van der Waals surface area contributed by atoms with E-state index in [9.17, 15) is 18.3 Å². The van der Waals surface area contributed by atoms with Gasteiger partial charge in [0.2, 0.25) is 0 Å². The largest absolute Gasteiger partial charge is 0.507 e. The summed E-state index contributed by atoms with van der Waals surface area (Å²) in [6.45, 7) is 11.5. The second-order valence-electron chi connectivity index (χ2n) is 8.81. The van der Waals surface area contributed by atoms with E-state index in [0.29, 0.717) is 16.1 Å². The number of nitrogens with one attached hydrogen (secondary N) is 1. The number of sulfonamides is 1. The number of carbonyl (C=O) groups is 1. The fourth-order valence-corrected chi connectivity index (χ4v) is 3.86. The third-order valence-corrected chi connectivity index (χ3v) is 5.94. The summed E-state index contributed by atoms with van der Waals surface area (Å²) in [5, 5.41) is 11.1. The van der Waals surface area contributed by atoms with Gasteiger partial charge in [0, 0.05) is 21.7 Å². The smallest absolute Gasteiger partial charge is 0.265 e. The Hall–Kier alpha value is -2.05. The van der Waals surface area contributed by atoms with Crippen LogP contribution >= 0.6 is 11.6 Å². The molecule has 2 N–H and O–H groups in total. The van der Waals surface area contributed by atoms with Crippen molar-refractivity contribution >= 4 is 27.5 Å². The van der Waals surface area contributed by atoms with Gasteiger partial charge in [0.25, 0.3) is 15.9 Å². The summed E-state index contributed by atoms with van der Waals surface area (Å²) in [6.07, 6.45) is 0. The Kier molecular flexibility index (Phi) is 5.89. The lowest BCUT2D eigenvalue weighted by Crippen LogP contribution is -2.31. The van der Waals surface area contributed by atoms with Crippen molar-refractivity contribution in [2.45, 2.75) is 57.3 Å². The van der Waals surface area contributed by atoms with Gasteiger partial charge in [0.15, 0.2) is 0 Å². The number of amides is 1. The van der Waals surface area contributed by atoms with E-state index in [2.05, 4.69) is 4.72 Å². The number of phenols is 1. The fraction of sp³-hybridized carbons (Fsp3) is 0.381. The summed E-state index contributed by atoms with van der Waals surface area (Å²) < 4.78 is 27.2. The molecule has 5 nitrogen and oxygen atoms in total. The van der Waals surface area contributed by atoms with Crippen LogP contribution in [0.15, 0.2) is 41.3 Å². The number of hydrogen-bond donors (Lipinski definition) is 2. The van der Waals surface area contributed by atoms with Crippen LogP contribution in [0.25, 0.3) is 0 Å². The second kappa shape index (κ2) is 7.41. The van der Waals surface area contributed by atoms with Crippen molar-refractivity contribution in [3.63, 3.8) is 0 Å². The summed E-state index contributed by atoms with van der Waals surface area (Å²) in [7, 11) is -4.05. The van der Waals surface area contributed by atoms with Crippen LogP contribution in [0.3, 0.4) is 0 Å². The number of halogens is 1. The molecule has 7 heteroatoms. The lowest BCUT2D eigenvalue weighted by molar-refractivity contribution is 0.0981. The van der Waals surface area contributed by atoms with Crippen LogP contribution in [0.1, 0.15) is 63.0 Å². The van der Waals surface area contributed by atoms with E-state index >= 15 is 0 Å². The lowest BCUT2D eigenvalue weighted by atomic mass is 9.78. The van der Waals surface area contributed by atoms with Crippen molar-refractivity contribution in [1.29, 1.82) is 0 Å². The summed E-state index contributed by atoms with van der Waals surface area (Å²) >= 11 is 5.79. The zero-order valence-corrected chi connectivity index (χ0v) is 18.5. The highest BCUT2D eigenvalue weighted by molar-refractivity contribution is 7.90. The van der Waals surface area contributed by atoms with E-state index in [1.54, 1.807) is 0 Å². The molecule has 0 unspecified atom stereocenters. The Morgan fingerprint density at radius 2 is 1.36 bits per heavy atom. The molecule has 0 saturated heterocycles. The average Bonchev–Trinajstić information content (AvgIpc) is 2.52. The molecule has 0 aliphatic carbocycles. The van der Waals surface area contributed by atoms with Crippen LogP contribution < -0.4 is 4.72 Å². The molecule has 0 aromatic heterocycles. The van der Waals surface area contributed by atoms with Gasteiger partial charge in [-0.05, 0) is 47.2 Å². The van der Waals surface area contributed by atoms with Crippen molar-refractivity contribution in [3.05, 3.63) is 58.1 Å². The van der Waals surface area contributed by atoms with Gasteiger partial charge in [-0.1, -0.05) is 53.1 Å². The van der Waals surface area contributed by atoms with Crippen molar-refractivity contribution in [2.24, 2.45) is 0 Å². The topological polar surface area (TPSA) is 83.5 Å². The molecule has 2 aromatic carbocycles. The summed E-state index contributed by atoms with van der Waals surface area (Å²) in [5.41, 5.74) is 0.457. The van der Waals surface area contributed by atoms with Gasteiger partial charge >= 0.3 is 0 Å². The molecule has 28 heavy (non-hydrogen) atoms. The first-order valence-electron chi connectivity index (χ1n) is 8.83. The Morgan fingerprint density at radius 3 is 1.75 bits per heavy atom. The normalized spacial score (nSPS) is 12.7. The molecule has 0 aliphatic rings. The van der Waals surface area contributed by atoms with E-state index in [4.69, 9.17) is 11.6 Å². The monoisotopic (exact) mass is 423 g/mol. The maximum absolute atomic E-state index is 12.8. The van der Waals surface area contributed by atoms with E-state index in [0.717, 1.165) is 0 Å². The standard InChI is InChI=1S/C21H26ClNO4S/c1-20(2,3)16-11-13(12-17(18(16)24)21(4,5)6)19(25)23-28(26,27)15-9-7-14(22)8-10-15/h7-12,24H,1-6H3,(H,23,25). The zero-order valence-electron chi connectivity index (χ0n) is 16.9. The fourth-order valence-electron chi connectivity index (χ4n) is 2.76. The highest BCUT2D eigenvalue weighted by atomic mass is 35.5. The highest BCUT2D eigenvalue weighted by Crippen LogP contribution is 2.39. The van der Waals surface area contributed by atoms with Crippen LogP contribution in [0.5, 0.6) is 5.75 Å². The van der Waals surface area contributed by atoms with Gasteiger partial charge in [-0.25, -0.2) is 13.1 Å². The molecule has 0 saturated carbocycles. The van der Waals surface area contributed by atoms with Crippen LogP contribution in [-0.2, 0) is 20.9 Å². The average molecular weight is 424 g/mol. The molecule has 1 amide bonds. The highest BCUT2D eigenvalue weighted by Gasteiger charge is 2.29. The zero-order chi connectivity index (χ0) is 21.5. The van der Waals surface area contributed by atoms with Crippen LogP contribution in [0.4, 0.5) is 0 Å². The minimum Gasteiger partial charge on any atom is -0.507 e. The number of benzene rings is 2. The Bertz CT molecular complexity index is 963. The van der Waals surface area contributed by atoms with Gasteiger partial charge in [0.05, 0.1) is 4.90 Å². The number of aromatic hydroxyl groups is 1. The molecule has 152 valence electrons. The molecule has 0 heterocycles. The first-order valence-corrected chi connectivity index (χ1v) is 10.7. The van der Waals surface area contributed by atoms with Gasteiger partial charge in [-0.2, -0.15) is 0 Å². The SMILES string of the molecule is CC(C)(C)c1cc(C(=O)NS(=O)(=O)c2ccc(Cl)cc2)cc(C(C)(C)C)c1O. The predicted octanol–water partition coefficient (Wildman–Crippen LogP) is 4.76. The van der Waals surface area contributed by atoms with Crippen LogP contribution in [-0.4, -0.2) is 19.4 Å². The molecule has 0 atom stereocenters. The van der Waals surface area contributed by atoms with E-state index < -0.39 is 26.8 Å². The van der Waals surface area contributed by atoms with Crippen molar-refractivity contribution < 1.29 is 18.3 Å². The second-order valence-corrected chi connectivity index (χ2v) is 10.9. The maximum Gasteiger partial charge on any atom is 0.265 e. The summed E-state index contributed by atoms with van der Waals surface area (Å²) in [4.78, 5) is 12.7. The Labute approximate surface area is 171 Å². The van der Waals surface area contributed by atoms with Crippen LogP contribution in [0.2, 0.25) is 5.02 Å². The Balaban J connectivity index is 2.52. The molecule has 2 rings (SSSR count). The van der Waals surface area contributed by atoms with Crippen LogP contribution in [0, 0.1) is 0 Å². The maximum atomic E-state index is 12.8. The number of hydrogen-bond acceptors (Lipinski definition) is 4. The minimum atomic E-state index is -4.05. The molecular formula is C21H26ClNO4S. The van der Waals surface area contributed by atoms with E-state index in [1.165, 1.54) is 36.4 Å². The molecule has 0 radical (unpaired) electrons. The third-order valence-electron chi connectivity index (χ3n) is 4.34. The molecule has 2 aromatic rings. The third kappa shape index (κ3) is 4.86. The summed E-state index contributed by atoms with van der Waals surface area (Å²) in [6, 6.07) is 8.62. The number of carbonyl (C=O) groups excluding carboxylic acids is 1. The van der Waals surface area contributed by atoms with Crippen molar-refractivity contribution in [1.82, 2.24) is 4.72 Å². The minimum absolute atomic E-state index is 0.0591.